The molecule has 2 nitrogen and oxygen atoms in total. The molecule has 0 saturated heterocycles. The molecule has 0 aromatic heterocycles. The van der Waals surface area contributed by atoms with Crippen LogP contribution in [0.25, 0.3) is 0 Å². The minimum atomic E-state index is -3.18. The van der Waals surface area contributed by atoms with Gasteiger partial charge in [0.2, 0.25) is 0 Å². The molecule has 0 aliphatic heterocycles. The van der Waals surface area contributed by atoms with Gasteiger partial charge in [0.15, 0.2) is 9.84 Å². The maximum Gasteiger partial charge on any atom is 0.181 e. The zero-order chi connectivity index (χ0) is 12.9. The summed E-state index contributed by atoms with van der Waals surface area (Å²) in [6.45, 7) is 4.21. The first-order valence-corrected chi connectivity index (χ1v) is 7.99. The Balaban J connectivity index is 2.69. The number of hydrogen-bond acceptors (Lipinski definition) is 2. The van der Waals surface area contributed by atoms with Crippen molar-refractivity contribution < 1.29 is 8.42 Å². The van der Waals surface area contributed by atoms with Crippen LogP contribution in [0.4, 0.5) is 0 Å². The van der Waals surface area contributed by atoms with Crippen LogP contribution in [-0.4, -0.2) is 14.2 Å². The van der Waals surface area contributed by atoms with Gasteiger partial charge in [-0.1, -0.05) is 41.9 Å². The maximum absolute atomic E-state index is 11.9. The van der Waals surface area contributed by atoms with Gasteiger partial charge in [-0.15, -0.1) is 0 Å². The molecule has 0 fully saturated rings. The van der Waals surface area contributed by atoms with Crippen molar-refractivity contribution in [3.63, 3.8) is 0 Å². The molecule has 0 N–H and O–H groups in total. The Morgan fingerprint density at radius 2 is 1.76 bits per heavy atom. The van der Waals surface area contributed by atoms with Gasteiger partial charge >= 0.3 is 0 Å². The van der Waals surface area contributed by atoms with Gasteiger partial charge in [0.05, 0.1) is 10.6 Å². The summed E-state index contributed by atoms with van der Waals surface area (Å²) >= 11 is 3.28. The molecule has 0 spiro atoms. The van der Waals surface area contributed by atoms with E-state index in [1.165, 1.54) is 0 Å². The first kappa shape index (κ1) is 14.5. The number of benzene rings is 1. The van der Waals surface area contributed by atoms with Gasteiger partial charge in [-0.25, -0.2) is 8.42 Å². The highest BCUT2D eigenvalue weighted by atomic mass is 79.9. The minimum absolute atomic E-state index is 0.0708. The van der Waals surface area contributed by atoms with Gasteiger partial charge in [0.1, 0.15) is 0 Å². The maximum atomic E-state index is 11.9. The summed E-state index contributed by atoms with van der Waals surface area (Å²) in [6.07, 6.45) is 4.58. The molecule has 0 amide bonds. The molecule has 0 aliphatic rings. The summed E-state index contributed by atoms with van der Waals surface area (Å²) < 4.78 is 24.7. The molecule has 0 atom stereocenters. The van der Waals surface area contributed by atoms with Gasteiger partial charge in [-0.2, -0.15) is 0 Å². The molecule has 0 aliphatic carbocycles. The number of rotatable bonds is 5. The zero-order valence-corrected chi connectivity index (χ0v) is 12.5. The lowest BCUT2D eigenvalue weighted by Gasteiger charge is -2.02. The minimum Gasteiger partial charge on any atom is -0.223 e. The van der Waals surface area contributed by atoms with E-state index in [-0.39, 0.29) is 5.75 Å². The molecule has 1 aromatic carbocycles. The fraction of sp³-hybridized carbons (Fsp3) is 0.385. The van der Waals surface area contributed by atoms with Crippen LogP contribution in [-0.2, 0) is 9.84 Å². The first-order chi connectivity index (χ1) is 7.92. The lowest BCUT2D eigenvalue weighted by atomic mass is 10.1. The SMILES string of the molecule is CC(C)CC=CCS(=O)(=O)c1ccc(Br)cc1. The van der Waals surface area contributed by atoms with Crippen LogP contribution in [0.15, 0.2) is 45.8 Å². The second-order valence-corrected chi connectivity index (χ2v) is 7.29. The highest BCUT2D eigenvalue weighted by molar-refractivity contribution is 9.10. The highest BCUT2D eigenvalue weighted by Gasteiger charge is 2.11. The average molecular weight is 317 g/mol. The van der Waals surface area contributed by atoms with Crippen LogP contribution in [0.5, 0.6) is 0 Å². The topological polar surface area (TPSA) is 34.1 Å². The first-order valence-electron chi connectivity index (χ1n) is 5.55. The Hall–Kier alpha value is -0.610. The quantitative estimate of drug-likeness (QED) is 0.774. The van der Waals surface area contributed by atoms with Crippen molar-refractivity contribution in [2.45, 2.75) is 25.2 Å². The van der Waals surface area contributed by atoms with E-state index in [1.807, 2.05) is 6.08 Å². The second-order valence-electron chi connectivity index (χ2n) is 4.34. The molecule has 94 valence electrons. The molecule has 0 heterocycles. The highest BCUT2D eigenvalue weighted by Crippen LogP contribution is 2.16. The normalized spacial score (nSPS) is 12.5. The van der Waals surface area contributed by atoms with Crippen molar-refractivity contribution in [2.75, 3.05) is 5.75 Å². The Morgan fingerprint density at radius 1 is 1.18 bits per heavy atom. The summed E-state index contributed by atoms with van der Waals surface area (Å²) in [6, 6.07) is 6.72. The van der Waals surface area contributed by atoms with E-state index in [0.717, 1.165) is 10.9 Å². The van der Waals surface area contributed by atoms with Gasteiger partial charge in [0.25, 0.3) is 0 Å². The van der Waals surface area contributed by atoms with E-state index in [4.69, 9.17) is 0 Å². The average Bonchev–Trinajstić information content (AvgIpc) is 2.25. The largest absolute Gasteiger partial charge is 0.223 e. The number of halogens is 1. The van der Waals surface area contributed by atoms with Crippen LogP contribution in [0.2, 0.25) is 0 Å². The van der Waals surface area contributed by atoms with Crippen molar-refractivity contribution in [2.24, 2.45) is 5.92 Å². The predicted molar refractivity (Wildman–Crippen MR) is 74.8 cm³/mol. The van der Waals surface area contributed by atoms with Crippen molar-refractivity contribution >= 4 is 25.8 Å². The van der Waals surface area contributed by atoms with Gasteiger partial charge in [-0.3, -0.25) is 0 Å². The number of sulfone groups is 1. The smallest absolute Gasteiger partial charge is 0.181 e. The summed E-state index contributed by atoms with van der Waals surface area (Å²) in [5, 5.41) is 0. The monoisotopic (exact) mass is 316 g/mol. The molecular weight excluding hydrogens is 300 g/mol. The van der Waals surface area contributed by atoms with Crippen LogP contribution >= 0.6 is 15.9 Å². The van der Waals surface area contributed by atoms with Crippen LogP contribution in [0.1, 0.15) is 20.3 Å². The fourth-order valence-electron chi connectivity index (χ4n) is 1.30. The Labute approximate surface area is 112 Å². The van der Waals surface area contributed by atoms with Crippen LogP contribution in [0.3, 0.4) is 0 Å². The standard InChI is InChI=1S/C13H17BrO2S/c1-11(2)5-3-4-10-17(15,16)13-8-6-12(14)7-9-13/h3-4,6-9,11H,5,10H2,1-2H3. The molecule has 17 heavy (non-hydrogen) atoms. The number of hydrogen-bond donors (Lipinski definition) is 0. The van der Waals surface area contributed by atoms with E-state index in [1.54, 1.807) is 30.3 Å². The molecular formula is C13H17BrO2S. The summed E-state index contributed by atoms with van der Waals surface area (Å²) in [4.78, 5) is 0.370. The van der Waals surface area contributed by atoms with Gasteiger partial charge in [0, 0.05) is 4.47 Å². The summed E-state index contributed by atoms with van der Waals surface area (Å²) in [5.41, 5.74) is 0. The van der Waals surface area contributed by atoms with Crippen LogP contribution < -0.4 is 0 Å². The van der Waals surface area contributed by atoms with Gasteiger partial charge < -0.3 is 0 Å². The summed E-state index contributed by atoms with van der Waals surface area (Å²) in [5.74, 6) is 0.628. The number of allylic oxidation sites excluding steroid dienone is 1. The lowest BCUT2D eigenvalue weighted by Crippen LogP contribution is -2.04. The molecule has 0 radical (unpaired) electrons. The molecule has 0 unspecified atom stereocenters. The van der Waals surface area contributed by atoms with Crippen molar-refractivity contribution in [3.05, 3.63) is 40.9 Å². The Bertz CT molecular complexity index is 473. The molecule has 1 aromatic rings. The van der Waals surface area contributed by atoms with Gasteiger partial charge in [-0.05, 0) is 36.6 Å². The third-order valence-electron chi connectivity index (χ3n) is 2.26. The fourth-order valence-corrected chi connectivity index (χ4v) is 2.70. The zero-order valence-electron chi connectivity index (χ0n) is 10.1. The van der Waals surface area contributed by atoms with Crippen LogP contribution in [0, 0.1) is 5.92 Å². The van der Waals surface area contributed by atoms with E-state index >= 15 is 0 Å². The van der Waals surface area contributed by atoms with E-state index in [9.17, 15) is 8.42 Å². The third-order valence-corrected chi connectivity index (χ3v) is 4.41. The predicted octanol–water partition coefficient (Wildman–Crippen LogP) is 3.83. The summed E-state index contributed by atoms with van der Waals surface area (Å²) in [7, 11) is -3.18. The van der Waals surface area contributed by atoms with Crippen molar-refractivity contribution in [1.82, 2.24) is 0 Å². The van der Waals surface area contributed by atoms with Crippen molar-refractivity contribution in [1.29, 1.82) is 0 Å². The molecule has 1 rings (SSSR count). The van der Waals surface area contributed by atoms with E-state index in [0.29, 0.717) is 10.8 Å². The van der Waals surface area contributed by atoms with E-state index < -0.39 is 9.84 Å². The Morgan fingerprint density at radius 3 is 2.29 bits per heavy atom. The lowest BCUT2D eigenvalue weighted by molar-refractivity contribution is 0.598. The molecule has 4 heteroatoms. The van der Waals surface area contributed by atoms with Crippen molar-refractivity contribution in [3.8, 4) is 0 Å². The Kier molecular flexibility index (Phi) is 5.40. The third kappa shape index (κ3) is 5.04. The van der Waals surface area contributed by atoms with E-state index in [2.05, 4.69) is 29.8 Å². The molecule has 0 bridgehead atoms. The molecule has 0 saturated carbocycles. The second kappa shape index (κ2) is 6.36.